The minimum atomic E-state index is -4.09. The average Bonchev–Trinajstić information content (AvgIpc) is 3.30. The highest BCUT2D eigenvalue weighted by Crippen LogP contribution is 2.39. The molecular weight excluding hydrogens is 466 g/mol. The van der Waals surface area contributed by atoms with Gasteiger partial charge in [-0.25, -0.2) is 4.68 Å². The lowest BCUT2D eigenvalue weighted by atomic mass is 9.90. The first-order chi connectivity index (χ1) is 16.1. The van der Waals surface area contributed by atoms with Gasteiger partial charge in [-0.1, -0.05) is 59.7 Å². The number of hydrogen-bond acceptors (Lipinski definition) is 8. The zero-order valence-corrected chi connectivity index (χ0v) is 22.1. The van der Waals surface area contributed by atoms with Crippen molar-refractivity contribution in [2.75, 3.05) is 19.8 Å². The van der Waals surface area contributed by atoms with Crippen LogP contribution < -0.4 is 5.73 Å². The fraction of sp³-hybridized carbons (Fsp3) is 0.435. The second kappa shape index (κ2) is 8.90. The van der Waals surface area contributed by atoms with Crippen molar-refractivity contribution in [3.8, 4) is 11.8 Å². The van der Waals surface area contributed by atoms with E-state index in [0.717, 1.165) is 14.1 Å². The molecule has 3 aromatic rings. The lowest BCUT2D eigenvalue weighted by Crippen LogP contribution is -2.30. The molecular formula is C23H31N9O2S. The summed E-state index contributed by atoms with van der Waals surface area (Å²) >= 11 is 0. The second-order valence-electron chi connectivity index (χ2n) is 10.3. The molecule has 0 saturated carbocycles. The molecule has 0 radical (unpaired) electrons. The smallest absolute Gasteiger partial charge is 0.324 e. The Kier molecular flexibility index (Phi) is 6.63. The van der Waals surface area contributed by atoms with E-state index in [4.69, 9.17) is 5.73 Å². The number of hydrogen-bond donors (Lipinski definition) is 1. The molecule has 0 saturated heterocycles. The van der Waals surface area contributed by atoms with E-state index in [2.05, 4.69) is 26.5 Å². The van der Waals surface area contributed by atoms with Crippen LogP contribution in [0.15, 0.2) is 40.6 Å². The number of anilines is 1. The fourth-order valence-electron chi connectivity index (χ4n) is 3.31. The van der Waals surface area contributed by atoms with Crippen molar-refractivity contribution in [3.63, 3.8) is 0 Å². The molecule has 11 nitrogen and oxygen atoms in total. The molecule has 0 unspecified atom stereocenters. The first kappa shape index (κ1) is 26.1. The summed E-state index contributed by atoms with van der Waals surface area (Å²) in [4.78, 5) is 0. The first-order valence-electron chi connectivity index (χ1n) is 10.9. The fourth-order valence-corrected chi connectivity index (χ4v) is 4.15. The monoisotopic (exact) mass is 497 g/mol. The Morgan fingerprint density at radius 1 is 0.971 bits per heavy atom. The molecule has 0 spiro atoms. The van der Waals surface area contributed by atoms with Crippen molar-refractivity contribution in [2.45, 2.75) is 52.4 Å². The Bertz CT molecular complexity index is 1410. The Hall–Kier alpha value is -3.56. The SMILES string of the molecule is CN(C)S(=O)(=O)n1nc(C(C)(C)C)c(C#N)c1/N=N/c1c(C(C)(C)C)nn(-c2ccccc2)c1N. The number of benzene rings is 1. The molecule has 2 heterocycles. The minimum absolute atomic E-state index is 0.0259. The second-order valence-corrected chi connectivity index (χ2v) is 12.3. The Labute approximate surface area is 206 Å². The number of para-hydroxylation sites is 1. The summed E-state index contributed by atoms with van der Waals surface area (Å²) < 4.78 is 29.4. The van der Waals surface area contributed by atoms with Gasteiger partial charge in [0.1, 0.15) is 11.6 Å². The highest BCUT2D eigenvalue weighted by Gasteiger charge is 2.33. The van der Waals surface area contributed by atoms with Gasteiger partial charge in [0.25, 0.3) is 0 Å². The molecule has 0 aliphatic carbocycles. The number of aromatic nitrogens is 4. The van der Waals surface area contributed by atoms with Crippen LogP contribution in [0.25, 0.3) is 5.69 Å². The van der Waals surface area contributed by atoms with Gasteiger partial charge in [0.15, 0.2) is 11.5 Å². The number of nitrogens with two attached hydrogens (primary N) is 1. The van der Waals surface area contributed by atoms with Crippen LogP contribution in [-0.2, 0) is 21.0 Å². The number of nitrogens with zero attached hydrogens (tertiary/aromatic N) is 8. The van der Waals surface area contributed by atoms with Gasteiger partial charge in [-0.3, -0.25) is 0 Å². The number of nitrogen functional groups attached to an aromatic ring is 1. The quantitative estimate of drug-likeness (QED) is 0.523. The molecule has 12 heteroatoms. The van der Waals surface area contributed by atoms with Crippen molar-refractivity contribution >= 4 is 27.5 Å². The summed E-state index contributed by atoms with van der Waals surface area (Å²) in [5.41, 5.74) is 7.30. The van der Waals surface area contributed by atoms with E-state index in [1.54, 1.807) is 4.68 Å². The normalized spacial score (nSPS) is 13.0. The van der Waals surface area contributed by atoms with Crippen LogP contribution in [0.4, 0.5) is 17.3 Å². The van der Waals surface area contributed by atoms with E-state index < -0.39 is 21.0 Å². The predicted octanol–water partition coefficient (Wildman–Crippen LogP) is 4.19. The summed E-state index contributed by atoms with van der Waals surface area (Å²) in [7, 11) is -1.34. The summed E-state index contributed by atoms with van der Waals surface area (Å²) in [6.45, 7) is 11.4. The van der Waals surface area contributed by atoms with E-state index in [1.165, 1.54) is 14.1 Å². The molecule has 0 aliphatic heterocycles. The average molecular weight is 498 g/mol. The van der Waals surface area contributed by atoms with Gasteiger partial charge in [-0.15, -0.1) is 14.3 Å². The third-order valence-corrected chi connectivity index (χ3v) is 6.80. The van der Waals surface area contributed by atoms with E-state index in [9.17, 15) is 13.7 Å². The molecule has 3 rings (SSSR count). The molecule has 0 bridgehead atoms. The summed E-state index contributed by atoms with van der Waals surface area (Å²) in [6, 6.07) is 11.4. The van der Waals surface area contributed by atoms with Gasteiger partial charge in [0.2, 0.25) is 5.82 Å². The van der Waals surface area contributed by atoms with Gasteiger partial charge >= 0.3 is 10.2 Å². The van der Waals surface area contributed by atoms with Crippen LogP contribution in [0.2, 0.25) is 0 Å². The van der Waals surface area contributed by atoms with Gasteiger partial charge in [-0.2, -0.15) is 28.2 Å². The minimum Gasteiger partial charge on any atom is -0.382 e. The topological polar surface area (TPSA) is 148 Å². The van der Waals surface area contributed by atoms with Crippen LogP contribution in [0.1, 0.15) is 58.5 Å². The van der Waals surface area contributed by atoms with Crippen LogP contribution in [0.3, 0.4) is 0 Å². The van der Waals surface area contributed by atoms with Crippen LogP contribution >= 0.6 is 0 Å². The first-order valence-corrected chi connectivity index (χ1v) is 12.3. The largest absolute Gasteiger partial charge is 0.382 e. The van der Waals surface area contributed by atoms with E-state index in [-0.39, 0.29) is 22.9 Å². The highest BCUT2D eigenvalue weighted by atomic mass is 32.2. The van der Waals surface area contributed by atoms with Crippen LogP contribution in [0.5, 0.6) is 0 Å². The maximum absolute atomic E-state index is 13.0. The van der Waals surface area contributed by atoms with Gasteiger partial charge in [0.05, 0.1) is 17.1 Å². The Morgan fingerprint density at radius 2 is 1.54 bits per heavy atom. The van der Waals surface area contributed by atoms with Gasteiger partial charge in [-0.05, 0) is 12.1 Å². The van der Waals surface area contributed by atoms with E-state index >= 15 is 0 Å². The number of rotatable bonds is 5. The van der Waals surface area contributed by atoms with Gasteiger partial charge in [0, 0.05) is 24.9 Å². The standard InChI is InChI=1S/C23H31N9O2S/c1-22(2,3)18-16(14-24)21(32(29-18)35(33,34)30(7)8)27-26-17-19(23(4,5)6)28-31(20(17)25)15-12-10-9-11-13-15/h9-13H,25H2,1-8H3/b27-26+. The van der Waals surface area contributed by atoms with E-state index in [1.807, 2.05) is 71.9 Å². The summed E-state index contributed by atoms with van der Waals surface area (Å²) in [5.74, 6) is 0.0406. The van der Waals surface area contributed by atoms with Crippen molar-refractivity contribution in [1.29, 1.82) is 5.26 Å². The third-order valence-electron chi connectivity index (χ3n) is 5.19. The molecule has 0 aliphatic rings. The zero-order chi connectivity index (χ0) is 26.3. The number of azo groups is 1. The van der Waals surface area contributed by atoms with E-state index in [0.29, 0.717) is 11.4 Å². The summed E-state index contributed by atoms with van der Waals surface area (Å²) in [5, 5.41) is 27.4. The summed E-state index contributed by atoms with van der Waals surface area (Å²) in [6.07, 6.45) is 0. The maximum Gasteiger partial charge on any atom is 0.324 e. The molecule has 0 amide bonds. The molecule has 0 atom stereocenters. The molecule has 186 valence electrons. The lowest BCUT2D eigenvalue weighted by Gasteiger charge is -2.15. The maximum atomic E-state index is 13.0. The van der Waals surface area contributed by atoms with Gasteiger partial charge < -0.3 is 5.73 Å². The Balaban J connectivity index is 2.31. The van der Waals surface area contributed by atoms with Crippen LogP contribution in [0, 0.1) is 11.3 Å². The van der Waals surface area contributed by atoms with Crippen molar-refractivity contribution in [1.82, 2.24) is 23.3 Å². The predicted molar refractivity (Wildman–Crippen MR) is 134 cm³/mol. The van der Waals surface area contributed by atoms with Crippen molar-refractivity contribution in [2.24, 2.45) is 10.2 Å². The van der Waals surface area contributed by atoms with Crippen molar-refractivity contribution < 1.29 is 8.42 Å². The molecule has 2 N–H and O–H groups in total. The molecule has 1 aromatic carbocycles. The van der Waals surface area contributed by atoms with Crippen LogP contribution in [-0.4, -0.2) is 45.8 Å². The zero-order valence-electron chi connectivity index (χ0n) is 21.3. The molecule has 35 heavy (non-hydrogen) atoms. The Morgan fingerprint density at radius 3 is 2.03 bits per heavy atom. The molecule has 2 aromatic heterocycles. The third kappa shape index (κ3) is 4.82. The lowest BCUT2D eigenvalue weighted by molar-refractivity contribution is 0.499. The number of nitriles is 1. The molecule has 0 fully saturated rings. The van der Waals surface area contributed by atoms with Crippen molar-refractivity contribution in [3.05, 3.63) is 47.3 Å². The highest BCUT2D eigenvalue weighted by molar-refractivity contribution is 7.87.